The van der Waals surface area contributed by atoms with Crippen LogP contribution in [0.25, 0.3) is 0 Å². The smallest absolute Gasteiger partial charge is 0.243 e. The van der Waals surface area contributed by atoms with Crippen molar-refractivity contribution in [3.05, 3.63) is 29.8 Å². The fraction of sp³-hybridized carbons (Fsp3) is 0.529. The van der Waals surface area contributed by atoms with Gasteiger partial charge in [0.1, 0.15) is 11.8 Å². The van der Waals surface area contributed by atoms with Crippen LogP contribution in [0.1, 0.15) is 25.3 Å². The minimum Gasteiger partial charge on any atom is -0.496 e. The summed E-state index contributed by atoms with van der Waals surface area (Å²) in [5.74, 6) is 1.57. The Bertz CT molecular complexity index is 622. The second-order valence-electron chi connectivity index (χ2n) is 6.12. The molecule has 0 radical (unpaired) electrons. The molecule has 23 heavy (non-hydrogen) atoms. The van der Waals surface area contributed by atoms with Crippen LogP contribution in [0.3, 0.4) is 0 Å². The Kier molecular flexibility index (Phi) is 4.53. The van der Waals surface area contributed by atoms with Gasteiger partial charge in [0, 0.05) is 18.7 Å². The van der Waals surface area contributed by atoms with Gasteiger partial charge < -0.3 is 15.0 Å². The maximum absolute atomic E-state index is 12.5. The van der Waals surface area contributed by atoms with Gasteiger partial charge in [-0.05, 0) is 31.4 Å². The van der Waals surface area contributed by atoms with Gasteiger partial charge in [-0.3, -0.25) is 9.59 Å². The number of methoxy groups -OCH3 is 1. The van der Waals surface area contributed by atoms with Gasteiger partial charge in [0.15, 0.2) is 0 Å². The molecule has 2 saturated heterocycles. The van der Waals surface area contributed by atoms with Crippen molar-refractivity contribution in [2.45, 2.75) is 37.1 Å². The third-order valence-electron chi connectivity index (χ3n) is 4.63. The first kappa shape index (κ1) is 16.2. The van der Waals surface area contributed by atoms with Crippen LogP contribution in [-0.4, -0.2) is 47.0 Å². The number of nitrogens with zero attached hydrogens (tertiary/aromatic N) is 1. The number of hydrogen-bond donors (Lipinski definition) is 1. The van der Waals surface area contributed by atoms with Crippen LogP contribution in [0.5, 0.6) is 5.75 Å². The van der Waals surface area contributed by atoms with Crippen molar-refractivity contribution in [3.8, 4) is 5.75 Å². The first-order valence-electron chi connectivity index (χ1n) is 7.91. The number of benzene rings is 1. The number of rotatable bonds is 5. The monoisotopic (exact) mass is 334 g/mol. The number of thioether (sulfide) groups is 1. The summed E-state index contributed by atoms with van der Waals surface area (Å²) in [6.45, 7) is 2.60. The van der Waals surface area contributed by atoms with E-state index in [1.807, 2.05) is 24.3 Å². The predicted octanol–water partition coefficient (Wildman–Crippen LogP) is 1.81. The molecule has 2 atom stereocenters. The number of amides is 2. The molecule has 0 aliphatic carbocycles. The maximum atomic E-state index is 12.5. The Morgan fingerprint density at radius 2 is 2.26 bits per heavy atom. The molecule has 2 fully saturated rings. The minimum absolute atomic E-state index is 0.0497. The van der Waals surface area contributed by atoms with Crippen LogP contribution in [0.4, 0.5) is 0 Å². The number of carbonyl (C=O) groups excluding carboxylic acids is 2. The summed E-state index contributed by atoms with van der Waals surface area (Å²) in [5.41, 5.74) is 1.07. The maximum Gasteiger partial charge on any atom is 0.243 e. The summed E-state index contributed by atoms with van der Waals surface area (Å²) >= 11 is 1.72. The average Bonchev–Trinajstić information content (AvgIpc) is 3.04. The molecule has 124 valence electrons. The van der Waals surface area contributed by atoms with Gasteiger partial charge in [-0.25, -0.2) is 0 Å². The number of ether oxygens (including phenoxy) is 1. The van der Waals surface area contributed by atoms with Crippen molar-refractivity contribution in [2.75, 3.05) is 19.4 Å². The van der Waals surface area contributed by atoms with Gasteiger partial charge >= 0.3 is 0 Å². The van der Waals surface area contributed by atoms with E-state index in [1.165, 1.54) is 0 Å². The zero-order chi connectivity index (χ0) is 16.4. The predicted molar refractivity (Wildman–Crippen MR) is 90.4 cm³/mol. The molecular weight excluding hydrogens is 312 g/mol. The largest absolute Gasteiger partial charge is 0.496 e. The molecule has 0 unspecified atom stereocenters. The number of fused-ring (bicyclic) bond motifs is 1. The standard InChI is InChI=1S/C17H22N2O3S/c1-17-9-7-15(20)19(17)13(11-23-17)16(21)18-10-8-12-5-3-4-6-14(12)22-2/h3-6,13H,7-11H2,1-2H3,(H,18,21)/t13-,17-/m0/s1. The van der Waals surface area contributed by atoms with E-state index in [4.69, 9.17) is 4.74 Å². The van der Waals surface area contributed by atoms with Gasteiger partial charge in [0.25, 0.3) is 0 Å². The van der Waals surface area contributed by atoms with Crippen LogP contribution < -0.4 is 10.1 Å². The molecule has 5 nitrogen and oxygen atoms in total. The van der Waals surface area contributed by atoms with Gasteiger partial charge in [-0.1, -0.05) is 18.2 Å². The molecule has 0 saturated carbocycles. The molecule has 0 spiro atoms. The van der Waals surface area contributed by atoms with Crippen LogP contribution in [0.15, 0.2) is 24.3 Å². The van der Waals surface area contributed by atoms with Crippen LogP contribution in [0.2, 0.25) is 0 Å². The highest BCUT2D eigenvalue weighted by atomic mass is 32.2. The van der Waals surface area contributed by atoms with Crippen LogP contribution >= 0.6 is 11.8 Å². The Balaban J connectivity index is 1.57. The van der Waals surface area contributed by atoms with Crippen LogP contribution in [-0.2, 0) is 16.0 Å². The quantitative estimate of drug-likeness (QED) is 0.892. The Morgan fingerprint density at radius 1 is 1.48 bits per heavy atom. The highest BCUT2D eigenvalue weighted by Gasteiger charge is 2.52. The van der Waals surface area contributed by atoms with Crippen molar-refractivity contribution in [3.63, 3.8) is 0 Å². The van der Waals surface area contributed by atoms with Gasteiger partial charge in [-0.2, -0.15) is 0 Å². The molecule has 0 aromatic heterocycles. The molecule has 0 bridgehead atoms. The summed E-state index contributed by atoms with van der Waals surface area (Å²) < 4.78 is 5.32. The molecule has 2 aliphatic heterocycles. The van der Waals surface area contributed by atoms with Gasteiger partial charge in [0.2, 0.25) is 11.8 Å². The fourth-order valence-electron chi connectivity index (χ4n) is 3.36. The van der Waals surface area contributed by atoms with Gasteiger partial charge in [0.05, 0.1) is 12.0 Å². The van der Waals surface area contributed by atoms with E-state index in [0.29, 0.717) is 25.1 Å². The fourth-order valence-corrected chi connectivity index (χ4v) is 4.79. The summed E-state index contributed by atoms with van der Waals surface area (Å²) in [5, 5.41) is 2.97. The zero-order valence-corrected chi connectivity index (χ0v) is 14.3. The molecule has 3 rings (SSSR count). The van der Waals surface area contributed by atoms with E-state index in [9.17, 15) is 9.59 Å². The Hall–Kier alpha value is -1.69. The SMILES string of the molecule is COc1ccccc1CCNC(=O)[C@@H]1CS[C@@]2(C)CCC(=O)N12. The summed E-state index contributed by atoms with van der Waals surface area (Å²) in [4.78, 5) is 26.1. The van der Waals surface area contributed by atoms with Crippen molar-refractivity contribution in [2.24, 2.45) is 0 Å². The molecule has 1 N–H and O–H groups in total. The van der Waals surface area contributed by atoms with E-state index in [1.54, 1.807) is 23.8 Å². The zero-order valence-electron chi connectivity index (χ0n) is 13.5. The van der Waals surface area contributed by atoms with Crippen LogP contribution in [0, 0.1) is 0 Å². The summed E-state index contributed by atoms with van der Waals surface area (Å²) in [7, 11) is 1.65. The molecule has 2 heterocycles. The van der Waals surface area contributed by atoms with Crippen molar-refractivity contribution >= 4 is 23.6 Å². The lowest BCUT2D eigenvalue weighted by molar-refractivity contribution is -0.137. The molecule has 6 heteroatoms. The first-order valence-corrected chi connectivity index (χ1v) is 8.89. The Labute approximate surface area is 140 Å². The van der Waals surface area contributed by atoms with Gasteiger partial charge in [-0.15, -0.1) is 11.8 Å². The molecule has 2 amide bonds. The van der Waals surface area contributed by atoms with E-state index < -0.39 is 0 Å². The number of nitrogens with one attached hydrogen (secondary N) is 1. The Morgan fingerprint density at radius 3 is 3.04 bits per heavy atom. The van der Waals surface area contributed by atoms with Crippen molar-refractivity contribution < 1.29 is 14.3 Å². The van der Waals surface area contributed by atoms with E-state index in [-0.39, 0.29) is 22.7 Å². The number of para-hydroxylation sites is 1. The van der Waals surface area contributed by atoms with Crippen molar-refractivity contribution in [1.29, 1.82) is 0 Å². The second-order valence-corrected chi connectivity index (χ2v) is 7.62. The highest BCUT2D eigenvalue weighted by Crippen LogP contribution is 2.47. The van der Waals surface area contributed by atoms with Crippen molar-refractivity contribution in [1.82, 2.24) is 10.2 Å². The normalized spacial score (nSPS) is 26.3. The third kappa shape index (κ3) is 3.04. The minimum atomic E-state index is -0.335. The number of carbonyl (C=O) groups is 2. The summed E-state index contributed by atoms with van der Waals surface area (Å²) in [6.07, 6.45) is 2.09. The number of hydrogen-bond acceptors (Lipinski definition) is 4. The molecule has 2 aliphatic rings. The summed E-state index contributed by atoms with van der Waals surface area (Å²) in [6, 6.07) is 7.46. The van der Waals surface area contributed by atoms with E-state index in [0.717, 1.165) is 17.7 Å². The average molecular weight is 334 g/mol. The third-order valence-corrected chi connectivity index (χ3v) is 6.14. The molecular formula is C17H22N2O3S. The lowest BCUT2D eigenvalue weighted by Crippen LogP contribution is -2.50. The van der Waals surface area contributed by atoms with E-state index in [2.05, 4.69) is 12.2 Å². The lowest BCUT2D eigenvalue weighted by Gasteiger charge is -2.29. The molecule has 1 aromatic carbocycles. The second kappa shape index (κ2) is 6.43. The molecule has 1 aromatic rings. The first-order chi connectivity index (χ1) is 11.0. The highest BCUT2D eigenvalue weighted by molar-refractivity contribution is 8.01. The lowest BCUT2D eigenvalue weighted by atomic mass is 10.1. The topological polar surface area (TPSA) is 58.6 Å². The van der Waals surface area contributed by atoms with E-state index >= 15 is 0 Å².